The second-order valence-corrected chi connectivity index (χ2v) is 10.3. The van der Waals surface area contributed by atoms with Gasteiger partial charge in [0.2, 0.25) is 0 Å². The molecule has 1 aliphatic carbocycles. The molecule has 0 unspecified atom stereocenters. The predicted molar refractivity (Wildman–Crippen MR) is 161 cm³/mol. The smallest absolute Gasteiger partial charge is 0.259 e. The van der Waals surface area contributed by atoms with Crippen LogP contribution >= 0.6 is 0 Å². The molecule has 0 spiro atoms. The van der Waals surface area contributed by atoms with Crippen LogP contribution in [-0.4, -0.2) is 25.4 Å². The first kappa shape index (κ1) is 26.4. The van der Waals surface area contributed by atoms with Crippen molar-refractivity contribution in [1.29, 1.82) is 0 Å². The molecule has 2 aliphatic rings. The van der Waals surface area contributed by atoms with Crippen LogP contribution in [-0.2, 0) is 4.79 Å². The Hall–Kier alpha value is -4.84. The van der Waals surface area contributed by atoms with Gasteiger partial charge in [-0.1, -0.05) is 60.7 Å². The average molecular weight is 545 g/mol. The number of allylic oxidation sites excluding steroid dienone is 1. The predicted octanol–water partition coefficient (Wildman–Crippen LogP) is 7.31. The highest BCUT2D eigenvalue weighted by atomic mass is 16.5. The highest BCUT2D eigenvalue weighted by Crippen LogP contribution is 2.49. The van der Waals surface area contributed by atoms with E-state index in [1.807, 2.05) is 110 Å². The van der Waals surface area contributed by atoms with Gasteiger partial charge in [0.15, 0.2) is 5.78 Å². The van der Waals surface area contributed by atoms with Gasteiger partial charge in [-0.15, -0.1) is 0 Å². The maximum Gasteiger partial charge on any atom is 0.259 e. The maximum absolute atomic E-state index is 14.4. The Labute approximate surface area is 240 Å². The maximum atomic E-state index is 14.4. The molecule has 2 atom stereocenters. The van der Waals surface area contributed by atoms with E-state index in [0.29, 0.717) is 42.0 Å². The number of nitrogens with one attached hydrogen (secondary N) is 1. The minimum Gasteiger partial charge on any atom is -0.497 e. The molecule has 0 radical (unpaired) electrons. The minimum absolute atomic E-state index is 0.00835. The zero-order valence-electron chi connectivity index (χ0n) is 23.2. The van der Waals surface area contributed by atoms with Gasteiger partial charge in [-0.2, -0.15) is 0 Å². The molecule has 1 aliphatic heterocycles. The van der Waals surface area contributed by atoms with Crippen LogP contribution in [0.3, 0.4) is 0 Å². The number of hydrogen-bond acceptors (Lipinski definition) is 5. The normalized spacial score (nSPS) is 18.1. The van der Waals surface area contributed by atoms with Crippen LogP contribution in [0.5, 0.6) is 11.5 Å². The van der Waals surface area contributed by atoms with Crippen molar-refractivity contribution in [2.75, 3.05) is 23.9 Å². The standard InChI is InChI=1S/C35H32N2O4/c1-3-41-32-16-10-7-13-27(32)34-33-29(21-25(22-31(33)38)23-17-19-26(40-2)20-18-23)36-28-14-8-9-15-30(28)37(34)35(39)24-11-5-4-6-12-24/h4-20,25,34,36H,3,21-22H2,1-2H3/t25-,34+/m1/s1. The van der Waals surface area contributed by atoms with E-state index >= 15 is 0 Å². The van der Waals surface area contributed by atoms with Crippen LogP contribution in [0.25, 0.3) is 0 Å². The van der Waals surface area contributed by atoms with E-state index in [0.717, 1.165) is 28.3 Å². The number of carbonyl (C=O) groups excluding carboxylic acids is 2. The van der Waals surface area contributed by atoms with E-state index in [-0.39, 0.29) is 17.6 Å². The third kappa shape index (κ3) is 4.97. The lowest BCUT2D eigenvalue weighted by Crippen LogP contribution is -2.38. The van der Waals surface area contributed by atoms with E-state index < -0.39 is 6.04 Å². The lowest BCUT2D eigenvalue weighted by Gasteiger charge is -2.35. The first-order valence-electron chi connectivity index (χ1n) is 14.0. The van der Waals surface area contributed by atoms with Crippen molar-refractivity contribution in [1.82, 2.24) is 0 Å². The molecule has 4 aromatic carbocycles. The SMILES string of the molecule is CCOc1ccccc1[C@H]1C2=C(C[C@@H](c3ccc(OC)cc3)CC2=O)Nc2ccccc2N1C(=O)c1ccccc1. The minimum atomic E-state index is -0.680. The van der Waals surface area contributed by atoms with E-state index in [9.17, 15) is 9.59 Å². The van der Waals surface area contributed by atoms with E-state index in [1.165, 1.54) is 0 Å². The summed E-state index contributed by atoms with van der Waals surface area (Å²) < 4.78 is 11.4. The van der Waals surface area contributed by atoms with Crippen molar-refractivity contribution in [3.63, 3.8) is 0 Å². The molecular formula is C35H32N2O4. The molecule has 0 saturated carbocycles. The topological polar surface area (TPSA) is 67.9 Å². The second kappa shape index (κ2) is 11.3. The molecule has 0 bridgehead atoms. The fourth-order valence-electron chi connectivity index (χ4n) is 5.93. The van der Waals surface area contributed by atoms with E-state index in [2.05, 4.69) is 5.32 Å². The molecular weight excluding hydrogens is 512 g/mol. The second-order valence-electron chi connectivity index (χ2n) is 10.3. The number of para-hydroxylation sites is 3. The van der Waals surface area contributed by atoms with Crippen molar-refractivity contribution in [3.05, 3.63) is 131 Å². The Kier molecular flexibility index (Phi) is 7.30. The number of ketones is 1. The summed E-state index contributed by atoms with van der Waals surface area (Å²) in [5.41, 5.74) is 5.32. The van der Waals surface area contributed by atoms with Crippen LogP contribution in [0.4, 0.5) is 11.4 Å². The molecule has 0 aromatic heterocycles. The number of hydrogen-bond donors (Lipinski definition) is 1. The monoisotopic (exact) mass is 544 g/mol. The first-order valence-corrected chi connectivity index (χ1v) is 14.0. The number of fused-ring (bicyclic) bond motifs is 1. The van der Waals surface area contributed by atoms with Gasteiger partial charge in [0.05, 0.1) is 31.1 Å². The van der Waals surface area contributed by atoms with Crippen LogP contribution in [0.15, 0.2) is 114 Å². The lowest BCUT2D eigenvalue weighted by atomic mass is 9.78. The van der Waals surface area contributed by atoms with Crippen molar-refractivity contribution >= 4 is 23.1 Å². The first-order chi connectivity index (χ1) is 20.1. The summed E-state index contributed by atoms with van der Waals surface area (Å²) in [5, 5.41) is 3.60. The molecule has 6 nitrogen and oxygen atoms in total. The zero-order chi connectivity index (χ0) is 28.3. The number of carbonyl (C=O) groups is 2. The number of benzene rings is 4. The number of amides is 1. The fourth-order valence-corrected chi connectivity index (χ4v) is 5.93. The summed E-state index contributed by atoms with van der Waals surface area (Å²) in [6, 6.07) is 31.9. The molecule has 206 valence electrons. The van der Waals surface area contributed by atoms with Gasteiger partial charge in [0, 0.05) is 28.8 Å². The van der Waals surface area contributed by atoms with Gasteiger partial charge in [-0.25, -0.2) is 0 Å². The molecule has 4 aromatic rings. The Morgan fingerprint density at radius 3 is 2.34 bits per heavy atom. The zero-order valence-corrected chi connectivity index (χ0v) is 23.2. The number of rotatable bonds is 6. The molecule has 6 rings (SSSR count). The Balaban J connectivity index is 1.56. The summed E-state index contributed by atoms with van der Waals surface area (Å²) in [7, 11) is 1.64. The van der Waals surface area contributed by atoms with Gasteiger partial charge < -0.3 is 14.8 Å². The molecule has 0 fully saturated rings. The number of anilines is 2. The van der Waals surface area contributed by atoms with Gasteiger partial charge >= 0.3 is 0 Å². The summed E-state index contributed by atoms with van der Waals surface area (Å²) in [4.78, 5) is 30.5. The van der Waals surface area contributed by atoms with Gasteiger partial charge in [0.1, 0.15) is 11.5 Å². The summed E-state index contributed by atoms with van der Waals surface area (Å²) in [6.45, 7) is 2.40. The molecule has 1 N–H and O–H groups in total. The molecule has 41 heavy (non-hydrogen) atoms. The molecule has 1 heterocycles. The van der Waals surface area contributed by atoms with E-state index in [4.69, 9.17) is 9.47 Å². The third-order valence-electron chi connectivity index (χ3n) is 7.83. The van der Waals surface area contributed by atoms with Crippen molar-refractivity contribution in [3.8, 4) is 11.5 Å². The largest absolute Gasteiger partial charge is 0.497 e. The van der Waals surface area contributed by atoms with Crippen molar-refractivity contribution in [2.24, 2.45) is 0 Å². The van der Waals surface area contributed by atoms with Crippen LogP contribution in [0.1, 0.15) is 53.2 Å². The molecule has 6 heteroatoms. The highest BCUT2D eigenvalue weighted by molar-refractivity contribution is 6.12. The fraction of sp³-hybridized carbons (Fsp3) is 0.200. The quantitative estimate of drug-likeness (QED) is 0.276. The van der Waals surface area contributed by atoms with Crippen LogP contribution in [0, 0.1) is 0 Å². The Bertz CT molecular complexity index is 1610. The highest BCUT2D eigenvalue weighted by Gasteiger charge is 2.42. The van der Waals surface area contributed by atoms with Crippen molar-refractivity contribution in [2.45, 2.75) is 31.7 Å². The summed E-state index contributed by atoms with van der Waals surface area (Å²) in [6.07, 6.45) is 0.965. The average Bonchev–Trinajstić information content (AvgIpc) is 3.16. The Morgan fingerprint density at radius 1 is 0.878 bits per heavy atom. The van der Waals surface area contributed by atoms with Crippen LogP contribution < -0.4 is 19.7 Å². The third-order valence-corrected chi connectivity index (χ3v) is 7.83. The molecule has 1 amide bonds. The molecule has 0 saturated heterocycles. The van der Waals surface area contributed by atoms with Gasteiger partial charge in [0.25, 0.3) is 5.91 Å². The number of methoxy groups -OCH3 is 1. The summed E-state index contributed by atoms with van der Waals surface area (Å²) in [5.74, 6) is 1.25. The van der Waals surface area contributed by atoms with Crippen molar-refractivity contribution < 1.29 is 19.1 Å². The number of nitrogens with zero attached hydrogens (tertiary/aromatic N) is 1. The summed E-state index contributed by atoms with van der Waals surface area (Å²) >= 11 is 0. The number of ether oxygens (including phenoxy) is 2. The van der Waals surface area contributed by atoms with E-state index in [1.54, 1.807) is 12.0 Å². The number of Topliss-reactive ketones (excluding diaryl/α,β-unsaturated/α-hetero) is 1. The van der Waals surface area contributed by atoms with Gasteiger partial charge in [-0.3, -0.25) is 14.5 Å². The lowest BCUT2D eigenvalue weighted by molar-refractivity contribution is -0.116. The van der Waals surface area contributed by atoms with Crippen LogP contribution in [0.2, 0.25) is 0 Å². The Morgan fingerprint density at radius 2 is 1.59 bits per heavy atom. The van der Waals surface area contributed by atoms with Gasteiger partial charge in [-0.05, 0) is 67.3 Å².